The summed E-state index contributed by atoms with van der Waals surface area (Å²) in [4.78, 5) is 40.0. The Bertz CT molecular complexity index is 1460. The second-order valence-corrected chi connectivity index (χ2v) is 25.0. The molecule has 0 aliphatic heterocycles. The van der Waals surface area contributed by atoms with Gasteiger partial charge in [-0.05, 0) is 70.3 Å². The van der Waals surface area contributed by atoms with Gasteiger partial charge in [0.15, 0.2) is 0 Å². The molecular formula is C67H127N2O7P. The van der Waals surface area contributed by atoms with Crippen LogP contribution in [0.4, 0.5) is 0 Å². The van der Waals surface area contributed by atoms with Crippen molar-refractivity contribution in [2.75, 3.05) is 40.9 Å². The molecule has 0 aliphatic carbocycles. The highest BCUT2D eigenvalue weighted by Crippen LogP contribution is 2.38. The number of unbranched alkanes of at least 4 members (excludes halogenated alkanes) is 38. The lowest BCUT2D eigenvalue weighted by Gasteiger charge is -2.30. The molecule has 0 aromatic rings. The van der Waals surface area contributed by atoms with E-state index in [2.05, 4.69) is 62.5 Å². The molecule has 3 atom stereocenters. The van der Waals surface area contributed by atoms with Crippen LogP contribution < -0.4 is 10.2 Å². The summed E-state index contributed by atoms with van der Waals surface area (Å²) < 4.78 is 30.4. The number of quaternary nitrogens is 1. The van der Waals surface area contributed by atoms with E-state index in [1.807, 2.05) is 33.3 Å². The smallest absolute Gasteiger partial charge is 0.306 e. The molecule has 0 rings (SSSR count). The Labute approximate surface area is 478 Å². The molecule has 1 N–H and O–H groups in total. The van der Waals surface area contributed by atoms with Gasteiger partial charge in [-0.25, -0.2) is 0 Å². The highest BCUT2D eigenvalue weighted by molar-refractivity contribution is 7.45. The average molecular weight is 1100 g/mol. The average Bonchev–Trinajstić information content (AvgIpc) is 3.39. The number of carbonyl (C=O) groups excluding carboxylic acids is 2. The second kappa shape index (κ2) is 57.2. The number of likely N-dealkylation sites (N-methyl/N-ethyl adjacent to an activating group) is 1. The first-order valence-electron chi connectivity index (χ1n) is 32.9. The fraction of sp³-hybridized carbons (Fsp3) is 0.851. The third kappa shape index (κ3) is 58.4. The summed E-state index contributed by atoms with van der Waals surface area (Å²) in [6, 6.07) is -0.887. The number of ether oxygens (including phenoxy) is 1. The molecule has 0 saturated heterocycles. The van der Waals surface area contributed by atoms with E-state index < -0.39 is 20.0 Å². The van der Waals surface area contributed by atoms with Crippen LogP contribution in [0, 0.1) is 0 Å². The fourth-order valence-corrected chi connectivity index (χ4v) is 10.4. The minimum Gasteiger partial charge on any atom is -0.756 e. The van der Waals surface area contributed by atoms with Gasteiger partial charge in [-0.2, -0.15) is 0 Å². The molecule has 0 aromatic heterocycles. The van der Waals surface area contributed by atoms with Crippen LogP contribution in [0.2, 0.25) is 0 Å². The van der Waals surface area contributed by atoms with Crippen molar-refractivity contribution < 1.29 is 37.3 Å². The van der Waals surface area contributed by atoms with Crippen molar-refractivity contribution in [3.05, 3.63) is 48.6 Å². The van der Waals surface area contributed by atoms with Crippen molar-refractivity contribution in [2.45, 2.75) is 328 Å². The minimum absolute atomic E-state index is 0.0213. The van der Waals surface area contributed by atoms with Gasteiger partial charge in [-0.1, -0.05) is 282 Å². The summed E-state index contributed by atoms with van der Waals surface area (Å²) in [5.74, 6) is -0.532. The Morgan fingerprint density at radius 3 is 1.21 bits per heavy atom. The Balaban J connectivity index is 5.14. The molecule has 0 aliphatic rings. The fourth-order valence-electron chi connectivity index (χ4n) is 9.65. The first-order valence-corrected chi connectivity index (χ1v) is 34.4. The van der Waals surface area contributed by atoms with Crippen LogP contribution >= 0.6 is 7.82 Å². The molecular weight excluding hydrogens is 976 g/mol. The highest BCUT2D eigenvalue weighted by Gasteiger charge is 2.27. The first-order chi connectivity index (χ1) is 37.4. The lowest BCUT2D eigenvalue weighted by molar-refractivity contribution is -0.870. The van der Waals surface area contributed by atoms with Crippen LogP contribution in [0.3, 0.4) is 0 Å². The Kier molecular flexibility index (Phi) is 55.7. The largest absolute Gasteiger partial charge is 0.756 e. The zero-order valence-electron chi connectivity index (χ0n) is 51.7. The lowest BCUT2D eigenvalue weighted by Crippen LogP contribution is -2.47. The van der Waals surface area contributed by atoms with Crippen LogP contribution in [0.25, 0.3) is 0 Å². The van der Waals surface area contributed by atoms with E-state index in [1.54, 1.807) is 0 Å². The molecule has 1 amide bonds. The summed E-state index contributed by atoms with van der Waals surface area (Å²) in [6.07, 6.45) is 70.7. The van der Waals surface area contributed by atoms with Gasteiger partial charge in [0.1, 0.15) is 19.3 Å². The van der Waals surface area contributed by atoms with Gasteiger partial charge in [0, 0.05) is 12.8 Å². The topological polar surface area (TPSA) is 114 Å². The van der Waals surface area contributed by atoms with Gasteiger partial charge in [-0.3, -0.25) is 14.2 Å². The van der Waals surface area contributed by atoms with Gasteiger partial charge in [0.25, 0.3) is 7.82 Å². The van der Waals surface area contributed by atoms with Crippen LogP contribution in [0.1, 0.15) is 316 Å². The summed E-state index contributed by atoms with van der Waals surface area (Å²) in [5.41, 5.74) is 0. The van der Waals surface area contributed by atoms with E-state index in [0.717, 1.165) is 70.6 Å². The van der Waals surface area contributed by atoms with Crippen LogP contribution in [0.15, 0.2) is 48.6 Å². The molecule has 0 aromatic carbocycles. The minimum atomic E-state index is -4.70. The lowest BCUT2D eigenvalue weighted by atomic mass is 10.0. The number of phosphoric ester groups is 1. The zero-order chi connectivity index (χ0) is 56.4. The summed E-state index contributed by atoms with van der Waals surface area (Å²) in [5, 5.41) is 3.04. The summed E-state index contributed by atoms with van der Waals surface area (Å²) in [6.45, 7) is 6.85. The zero-order valence-corrected chi connectivity index (χ0v) is 52.6. The third-order valence-electron chi connectivity index (χ3n) is 14.8. The highest BCUT2D eigenvalue weighted by atomic mass is 31.2. The second-order valence-electron chi connectivity index (χ2n) is 23.6. The number of esters is 1. The van der Waals surface area contributed by atoms with E-state index in [4.69, 9.17) is 13.8 Å². The molecule has 0 spiro atoms. The normalized spacial score (nSPS) is 13.9. The molecule has 3 unspecified atom stereocenters. The van der Waals surface area contributed by atoms with E-state index in [-0.39, 0.29) is 31.5 Å². The van der Waals surface area contributed by atoms with E-state index >= 15 is 0 Å². The number of phosphoric acid groups is 1. The van der Waals surface area contributed by atoms with Gasteiger partial charge < -0.3 is 28.5 Å². The number of nitrogens with zero attached hydrogens (tertiary/aromatic N) is 1. The molecule has 0 bridgehead atoms. The van der Waals surface area contributed by atoms with Crippen molar-refractivity contribution in [1.29, 1.82) is 0 Å². The summed E-state index contributed by atoms with van der Waals surface area (Å²) in [7, 11) is 1.19. The molecule has 0 saturated carbocycles. The number of amides is 1. The number of hydrogen-bond acceptors (Lipinski definition) is 7. The third-order valence-corrected chi connectivity index (χ3v) is 15.7. The maximum atomic E-state index is 13.5. The van der Waals surface area contributed by atoms with Crippen molar-refractivity contribution in [3.8, 4) is 0 Å². The first kappa shape index (κ1) is 75.0. The predicted octanol–water partition coefficient (Wildman–Crippen LogP) is 19.8. The van der Waals surface area contributed by atoms with Crippen LogP contribution in [-0.4, -0.2) is 69.4 Å². The van der Waals surface area contributed by atoms with Gasteiger partial charge >= 0.3 is 5.97 Å². The van der Waals surface area contributed by atoms with Crippen LogP contribution in [-0.2, 0) is 27.9 Å². The van der Waals surface area contributed by atoms with E-state index in [9.17, 15) is 19.0 Å². The molecule has 10 heteroatoms. The Morgan fingerprint density at radius 1 is 0.455 bits per heavy atom. The number of carbonyl (C=O) groups is 2. The maximum Gasteiger partial charge on any atom is 0.306 e. The van der Waals surface area contributed by atoms with Crippen molar-refractivity contribution >= 4 is 19.7 Å². The predicted molar refractivity (Wildman–Crippen MR) is 330 cm³/mol. The number of rotatable bonds is 60. The Morgan fingerprint density at radius 2 is 0.792 bits per heavy atom. The number of hydrogen-bond donors (Lipinski definition) is 1. The molecule has 0 fully saturated rings. The SMILES string of the molecule is CCCCC/C=C\C/C=C\C/C=C\CCCCCCCCCCCCC(=O)OC(/C=C/CCCCCCCCCCCC)C(COP(=O)([O-])OCC[N+](C)(C)C)NC(=O)CCCCCCCCCCCCCCCCCC. The van der Waals surface area contributed by atoms with Crippen LogP contribution in [0.5, 0.6) is 0 Å². The quantitative estimate of drug-likeness (QED) is 0.0212. The van der Waals surface area contributed by atoms with Gasteiger partial charge in [0.2, 0.25) is 5.91 Å². The van der Waals surface area contributed by atoms with E-state index in [0.29, 0.717) is 17.4 Å². The molecule has 77 heavy (non-hydrogen) atoms. The van der Waals surface area contributed by atoms with Crippen molar-refractivity contribution in [2.24, 2.45) is 0 Å². The molecule has 0 radical (unpaired) electrons. The standard InChI is InChI=1S/C67H127N2O7P/c1-7-10-13-16-19-22-25-28-30-32-33-34-35-36-37-38-40-42-45-48-51-54-57-60-67(71)76-65(58-55-52-49-46-43-27-24-21-18-15-12-9-3)64(63-75-77(72,73)74-62-61-69(4,5)6)68-66(70)59-56-53-50-47-44-41-39-31-29-26-23-20-17-14-11-8-2/h19,22,28,30,33-34,55,58,64-65H,7-18,20-21,23-27,29,31-32,35-54,56-57,59-63H2,1-6H3,(H-,68,70,72,73)/b22-19-,30-28-,34-33-,58-55+. The molecule has 452 valence electrons. The summed E-state index contributed by atoms with van der Waals surface area (Å²) >= 11 is 0. The Hall–Kier alpha value is -2.03. The monoisotopic (exact) mass is 1100 g/mol. The number of nitrogens with one attached hydrogen (secondary N) is 1. The molecule has 0 heterocycles. The van der Waals surface area contributed by atoms with Crippen molar-refractivity contribution in [3.63, 3.8) is 0 Å². The molecule has 9 nitrogen and oxygen atoms in total. The van der Waals surface area contributed by atoms with Gasteiger partial charge in [-0.15, -0.1) is 0 Å². The number of allylic oxidation sites excluding steroid dienone is 7. The van der Waals surface area contributed by atoms with Crippen molar-refractivity contribution in [1.82, 2.24) is 5.32 Å². The maximum absolute atomic E-state index is 13.5. The van der Waals surface area contributed by atoms with E-state index in [1.165, 1.54) is 212 Å². The van der Waals surface area contributed by atoms with Gasteiger partial charge in [0.05, 0.1) is 33.8 Å².